The van der Waals surface area contributed by atoms with Gasteiger partial charge >= 0.3 is 0 Å². The molecule has 0 unspecified atom stereocenters. The molecule has 144 valence electrons. The number of anilines is 1. The second-order valence-electron chi connectivity index (χ2n) is 6.19. The maximum Gasteiger partial charge on any atom is 0.272 e. The number of hydrogen-bond donors (Lipinski definition) is 1. The van der Waals surface area contributed by atoms with Crippen LogP contribution in [0.25, 0.3) is 11.3 Å². The number of nitrogens with zero attached hydrogens (tertiary/aromatic N) is 2. The molecule has 0 radical (unpaired) electrons. The number of methoxy groups -OCH3 is 1. The summed E-state index contributed by atoms with van der Waals surface area (Å²) in [5, 5.41) is 16.1. The highest BCUT2D eigenvalue weighted by Gasteiger charge is 2.14. The minimum absolute atomic E-state index is 0.0515. The third-order valence-corrected chi connectivity index (χ3v) is 5.01. The van der Waals surface area contributed by atoms with Gasteiger partial charge in [0, 0.05) is 29.0 Å². The molecule has 0 saturated heterocycles. The van der Waals surface area contributed by atoms with Crippen molar-refractivity contribution in [2.75, 3.05) is 12.4 Å². The standard InChI is InChI=1S/C20H19N3O4S/c1-13-3-7-15(11-18(13)23(25)26)17-12-28-20(21-17)22-19(24)10-6-14-4-8-16(27-2)9-5-14/h3-5,7-9,11-12H,6,10H2,1-2H3,(H,21,22,24). The number of nitro benzene ring substituents is 1. The van der Waals surface area contributed by atoms with Crippen molar-refractivity contribution in [3.05, 3.63) is 69.1 Å². The lowest BCUT2D eigenvalue weighted by Gasteiger charge is -2.04. The van der Waals surface area contributed by atoms with Crippen molar-refractivity contribution in [1.29, 1.82) is 0 Å². The van der Waals surface area contributed by atoms with Crippen LogP contribution in [0.2, 0.25) is 0 Å². The topological polar surface area (TPSA) is 94.4 Å². The van der Waals surface area contributed by atoms with E-state index in [4.69, 9.17) is 4.74 Å². The van der Waals surface area contributed by atoms with Crippen molar-refractivity contribution in [2.24, 2.45) is 0 Å². The van der Waals surface area contributed by atoms with Crippen molar-refractivity contribution >= 4 is 28.1 Å². The van der Waals surface area contributed by atoms with Gasteiger partial charge in [0.1, 0.15) is 5.75 Å². The number of aryl methyl sites for hydroxylation is 2. The van der Waals surface area contributed by atoms with E-state index in [1.807, 2.05) is 24.3 Å². The minimum Gasteiger partial charge on any atom is -0.497 e. The lowest BCUT2D eigenvalue weighted by atomic mass is 10.1. The van der Waals surface area contributed by atoms with Gasteiger partial charge in [0.2, 0.25) is 5.91 Å². The van der Waals surface area contributed by atoms with Gasteiger partial charge in [0.05, 0.1) is 17.7 Å². The second-order valence-corrected chi connectivity index (χ2v) is 7.05. The Balaban J connectivity index is 1.61. The van der Waals surface area contributed by atoms with E-state index in [1.54, 1.807) is 31.5 Å². The number of carbonyl (C=O) groups is 1. The zero-order chi connectivity index (χ0) is 20.1. The maximum atomic E-state index is 12.2. The highest BCUT2D eigenvalue weighted by Crippen LogP contribution is 2.29. The average molecular weight is 397 g/mol. The molecule has 0 aliphatic heterocycles. The first-order chi connectivity index (χ1) is 13.5. The SMILES string of the molecule is COc1ccc(CCC(=O)Nc2nc(-c3ccc(C)c([N+](=O)[O-])c3)cs2)cc1. The van der Waals surface area contributed by atoms with Crippen molar-refractivity contribution in [1.82, 2.24) is 4.98 Å². The fourth-order valence-corrected chi connectivity index (χ4v) is 3.40. The van der Waals surface area contributed by atoms with Crippen molar-refractivity contribution in [3.63, 3.8) is 0 Å². The van der Waals surface area contributed by atoms with E-state index in [-0.39, 0.29) is 11.6 Å². The monoisotopic (exact) mass is 397 g/mol. The number of rotatable bonds is 7. The van der Waals surface area contributed by atoms with Crippen LogP contribution in [0.1, 0.15) is 17.5 Å². The molecule has 1 amide bonds. The van der Waals surface area contributed by atoms with E-state index in [0.717, 1.165) is 11.3 Å². The summed E-state index contributed by atoms with van der Waals surface area (Å²) in [5.74, 6) is 0.645. The first-order valence-electron chi connectivity index (χ1n) is 8.60. The summed E-state index contributed by atoms with van der Waals surface area (Å²) in [6.45, 7) is 1.69. The van der Waals surface area contributed by atoms with E-state index in [1.165, 1.54) is 17.4 Å². The van der Waals surface area contributed by atoms with Gasteiger partial charge in [0.15, 0.2) is 5.13 Å². The Labute approximate surface area is 166 Å². The van der Waals surface area contributed by atoms with Crippen LogP contribution in [0, 0.1) is 17.0 Å². The fraction of sp³-hybridized carbons (Fsp3) is 0.200. The first kappa shape index (κ1) is 19.5. The third-order valence-electron chi connectivity index (χ3n) is 4.25. The molecular formula is C20H19N3O4S. The number of amides is 1. The lowest BCUT2D eigenvalue weighted by molar-refractivity contribution is -0.385. The molecule has 0 fully saturated rings. The molecule has 0 aliphatic rings. The third kappa shape index (κ3) is 4.72. The molecule has 0 bridgehead atoms. The summed E-state index contributed by atoms with van der Waals surface area (Å²) < 4.78 is 5.12. The fourth-order valence-electron chi connectivity index (χ4n) is 2.66. The van der Waals surface area contributed by atoms with Gasteiger partial charge in [-0.15, -0.1) is 11.3 Å². The number of hydrogen-bond acceptors (Lipinski definition) is 6. The van der Waals surface area contributed by atoms with Crippen LogP contribution >= 0.6 is 11.3 Å². The number of benzene rings is 2. The number of aromatic nitrogens is 1. The van der Waals surface area contributed by atoms with Crippen molar-refractivity contribution < 1.29 is 14.5 Å². The Kier molecular flexibility index (Phi) is 6.00. The van der Waals surface area contributed by atoms with Gasteiger partial charge < -0.3 is 10.1 Å². The maximum absolute atomic E-state index is 12.2. The molecule has 28 heavy (non-hydrogen) atoms. The van der Waals surface area contributed by atoms with Gasteiger partial charge in [-0.25, -0.2) is 4.98 Å². The molecule has 7 nitrogen and oxygen atoms in total. The molecule has 3 rings (SSSR count). The van der Waals surface area contributed by atoms with Crippen LogP contribution in [0.4, 0.5) is 10.8 Å². The van der Waals surface area contributed by atoms with Gasteiger partial charge in [0.25, 0.3) is 5.69 Å². The normalized spacial score (nSPS) is 10.5. The lowest BCUT2D eigenvalue weighted by Crippen LogP contribution is -2.12. The highest BCUT2D eigenvalue weighted by atomic mass is 32.1. The zero-order valence-corrected chi connectivity index (χ0v) is 16.3. The Morgan fingerprint density at radius 3 is 2.68 bits per heavy atom. The van der Waals surface area contributed by atoms with Crippen LogP contribution in [-0.4, -0.2) is 22.9 Å². The van der Waals surface area contributed by atoms with Crippen LogP contribution < -0.4 is 10.1 Å². The molecule has 0 atom stereocenters. The summed E-state index contributed by atoms with van der Waals surface area (Å²) in [7, 11) is 1.61. The molecule has 3 aromatic rings. The largest absolute Gasteiger partial charge is 0.497 e. The van der Waals surface area contributed by atoms with E-state index in [0.29, 0.717) is 34.8 Å². The van der Waals surface area contributed by atoms with E-state index >= 15 is 0 Å². The molecule has 2 aromatic carbocycles. The van der Waals surface area contributed by atoms with Crippen molar-refractivity contribution in [3.8, 4) is 17.0 Å². The van der Waals surface area contributed by atoms with E-state index in [9.17, 15) is 14.9 Å². The predicted molar refractivity (Wildman–Crippen MR) is 109 cm³/mol. The van der Waals surface area contributed by atoms with Gasteiger partial charge in [-0.3, -0.25) is 14.9 Å². The summed E-state index contributed by atoms with van der Waals surface area (Å²) in [6, 6.07) is 12.6. The Morgan fingerprint density at radius 2 is 2.00 bits per heavy atom. The molecule has 1 N–H and O–H groups in total. The Morgan fingerprint density at radius 1 is 1.25 bits per heavy atom. The molecule has 1 heterocycles. The molecule has 0 spiro atoms. The molecular weight excluding hydrogens is 378 g/mol. The second kappa shape index (κ2) is 8.62. The van der Waals surface area contributed by atoms with Gasteiger partial charge in [-0.1, -0.05) is 24.3 Å². The average Bonchev–Trinajstić information content (AvgIpc) is 3.15. The molecule has 8 heteroatoms. The Bertz CT molecular complexity index is 999. The van der Waals surface area contributed by atoms with Crippen molar-refractivity contribution in [2.45, 2.75) is 19.8 Å². The van der Waals surface area contributed by atoms with Crippen LogP contribution in [-0.2, 0) is 11.2 Å². The molecule has 0 aliphatic carbocycles. The van der Waals surface area contributed by atoms with Crippen LogP contribution in [0.5, 0.6) is 5.75 Å². The van der Waals surface area contributed by atoms with E-state index < -0.39 is 4.92 Å². The number of thiazole rings is 1. The summed E-state index contributed by atoms with van der Waals surface area (Å²) in [4.78, 5) is 27.3. The zero-order valence-electron chi connectivity index (χ0n) is 15.5. The number of nitro groups is 1. The molecule has 1 aromatic heterocycles. The van der Waals surface area contributed by atoms with Crippen LogP contribution in [0.3, 0.4) is 0 Å². The summed E-state index contributed by atoms with van der Waals surface area (Å²) in [6.07, 6.45) is 0.940. The van der Waals surface area contributed by atoms with Crippen LogP contribution in [0.15, 0.2) is 47.8 Å². The number of ether oxygens (including phenoxy) is 1. The van der Waals surface area contributed by atoms with Gasteiger partial charge in [-0.05, 0) is 31.0 Å². The van der Waals surface area contributed by atoms with E-state index in [2.05, 4.69) is 10.3 Å². The summed E-state index contributed by atoms with van der Waals surface area (Å²) >= 11 is 1.29. The molecule has 0 saturated carbocycles. The first-order valence-corrected chi connectivity index (χ1v) is 9.48. The highest BCUT2D eigenvalue weighted by molar-refractivity contribution is 7.14. The number of carbonyl (C=O) groups excluding carboxylic acids is 1. The Hall–Kier alpha value is -3.26. The number of nitrogens with one attached hydrogen (secondary N) is 1. The van der Waals surface area contributed by atoms with Gasteiger partial charge in [-0.2, -0.15) is 0 Å². The smallest absolute Gasteiger partial charge is 0.272 e. The summed E-state index contributed by atoms with van der Waals surface area (Å²) in [5.41, 5.74) is 2.93. The predicted octanol–water partition coefficient (Wildman–Crippen LogP) is 4.61. The minimum atomic E-state index is -0.410. The quantitative estimate of drug-likeness (QED) is 0.464.